The van der Waals surface area contributed by atoms with E-state index >= 15 is 0 Å². The highest BCUT2D eigenvalue weighted by molar-refractivity contribution is 14.0. The number of hydrogen-bond donors (Lipinski definition) is 2. The zero-order valence-electron chi connectivity index (χ0n) is 17.5. The smallest absolute Gasteiger partial charge is 0.190 e. The van der Waals surface area contributed by atoms with Crippen LogP contribution in [0.5, 0.6) is 0 Å². The lowest BCUT2D eigenvalue weighted by atomic mass is 10.0. The second-order valence-corrected chi connectivity index (χ2v) is 7.39. The van der Waals surface area contributed by atoms with Crippen molar-refractivity contribution in [2.75, 3.05) is 73.0 Å². The van der Waals surface area contributed by atoms with Crippen LogP contribution < -0.4 is 10.6 Å². The summed E-state index contributed by atoms with van der Waals surface area (Å²) < 4.78 is 22.3. The number of halogens is 1. The van der Waals surface area contributed by atoms with Crippen LogP contribution >= 0.6 is 24.0 Å². The third kappa shape index (κ3) is 12.4. The molecule has 0 radical (unpaired) electrons. The molecule has 0 atom stereocenters. The maximum atomic E-state index is 5.78. The van der Waals surface area contributed by atoms with E-state index in [9.17, 15) is 0 Å². The van der Waals surface area contributed by atoms with Gasteiger partial charge in [0.25, 0.3) is 0 Å². The summed E-state index contributed by atoms with van der Waals surface area (Å²) in [6.07, 6.45) is 6.50. The summed E-state index contributed by atoms with van der Waals surface area (Å²) in [5.74, 6) is 2.20. The van der Waals surface area contributed by atoms with Gasteiger partial charge in [-0.3, -0.25) is 4.99 Å². The van der Waals surface area contributed by atoms with Gasteiger partial charge in [0.2, 0.25) is 0 Å². The summed E-state index contributed by atoms with van der Waals surface area (Å²) in [6.45, 7) is 8.60. The average molecular weight is 513 g/mol. The van der Waals surface area contributed by atoms with Crippen LogP contribution in [0.25, 0.3) is 0 Å². The Morgan fingerprint density at radius 2 is 1.25 bits per heavy atom. The van der Waals surface area contributed by atoms with Crippen molar-refractivity contribution < 1.29 is 18.9 Å². The van der Waals surface area contributed by atoms with Crippen LogP contribution in [0.3, 0.4) is 0 Å². The zero-order valence-corrected chi connectivity index (χ0v) is 19.8. The second-order valence-electron chi connectivity index (χ2n) is 7.39. The predicted molar refractivity (Wildman–Crippen MR) is 123 cm³/mol. The van der Waals surface area contributed by atoms with Gasteiger partial charge in [-0.1, -0.05) is 0 Å². The Morgan fingerprint density at radius 3 is 1.64 bits per heavy atom. The quantitative estimate of drug-likeness (QED) is 0.181. The molecule has 0 unspecified atom stereocenters. The van der Waals surface area contributed by atoms with Gasteiger partial charge in [0, 0.05) is 73.0 Å². The molecule has 0 saturated carbocycles. The molecule has 8 heteroatoms. The number of ether oxygens (including phenoxy) is 4. The fourth-order valence-corrected chi connectivity index (χ4v) is 3.31. The van der Waals surface area contributed by atoms with Gasteiger partial charge in [-0.15, -0.1) is 24.0 Å². The van der Waals surface area contributed by atoms with Crippen LogP contribution in [0.2, 0.25) is 0 Å². The van der Waals surface area contributed by atoms with Gasteiger partial charge in [0.15, 0.2) is 5.96 Å². The third-order valence-electron chi connectivity index (χ3n) is 5.13. The summed E-state index contributed by atoms with van der Waals surface area (Å²) in [5, 5.41) is 6.67. The summed E-state index contributed by atoms with van der Waals surface area (Å²) >= 11 is 0. The molecule has 7 nitrogen and oxygen atoms in total. The van der Waals surface area contributed by atoms with E-state index in [0.717, 1.165) is 110 Å². The monoisotopic (exact) mass is 513 g/mol. The molecular weight excluding hydrogens is 473 g/mol. The number of hydrogen-bond acceptors (Lipinski definition) is 5. The van der Waals surface area contributed by atoms with E-state index in [-0.39, 0.29) is 24.0 Å². The van der Waals surface area contributed by atoms with E-state index in [1.807, 2.05) is 0 Å². The van der Waals surface area contributed by atoms with Crippen molar-refractivity contribution in [2.45, 2.75) is 38.5 Å². The third-order valence-corrected chi connectivity index (χ3v) is 5.13. The SMILES string of the molecule is CN=C(NCCCOCC1CCOCC1)NCCCOCC1CCOCC1.I. The van der Waals surface area contributed by atoms with Crippen molar-refractivity contribution in [3.63, 3.8) is 0 Å². The van der Waals surface area contributed by atoms with E-state index in [4.69, 9.17) is 18.9 Å². The highest BCUT2D eigenvalue weighted by Gasteiger charge is 2.14. The number of rotatable bonds is 12. The van der Waals surface area contributed by atoms with Crippen LogP contribution in [0.15, 0.2) is 4.99 Å². The van der Waals surface area contributed by atoms with E-state index in [1.54, 1.807) is 7.05 Å². The second kappa shape index (κ2) is 17.7. The predicted octanol–water partition coefficient (Wildman–Crippen LogP) is 2.44. The Bertz CT molecular complexity index is 358. The fraction of sp³-hybridized carbons (Fsp3) is 0.950. The maximum absolute atomic E-state index is 5.78. The van der Waals surface area contributed by atoms with Crippen molar-refractivity contribution in [3.05, 3.63) is 0 Å². The average Bonchev–Trinajstić information content (AvgIpc) is 2.73. The molecule has 2 fully saturated rings. The van der Waals surface area contributed by atoms with Crippen LogP contribution in [0, 0.1) is 11.8 Å². The van der Waals surface area contributed by atoms with E-state index < -0.39 is 0 Å². The molecule has 0 amide bonds. The molecule has 2 aliphatic heterocycles. The van der Waals surface area contributed by atoms with Crippen molar-refractivity contribution in [2.24, 2.45) is 16.8 Å². The first-order valence-electron chi connectivity index (χ1n) is 10.6. The highest BCUT2D eigenvalue weighted by atomic mass is 127. The molecule has 166 valence electrons. The van der Waals surface area contributed by atoms with Gasteiger partial charge in [0.05, 0.1) is 0 Å². The largest absolute Gasteiger partial charge is 0.381 e. The molecular formula is C20H40IN3O4. The van der Waals surface area contributed by atoms with Gasteiger partial charge in [0.1, 0.15) is 0 Å². The van der Waals surface area contributed by atoms with Gasteiger partial charge < -0.3 is 29.6 Å². The molecule has 0 aromatic rings. The summed E-state index contributed by atoms with van der Waals surface area (Å²) in [7, 11) is 1.80. The first kappa shape index (κ1) is 25.9. The number of aliphatic imine (C=N–C) groups is 1. The molecule has 0 aliphatic carbocycles. The van der Waals surface area contributed by atoms with Gasteiger partial charge in [-0.25, -0.2) is 0 Å². The Hall–Kier alpha value is -0.160. The minimum absolute atomic E-state index is 0. The molecule has 28 heavy (non-hydrogen) atoms. The molecule has 2 heterocycles. The zero-order chi connectivity index (χ0) is 19.0. The first-order chi connectivity index (χ1) is 13.4. The Kier molecular flexibility index (Phi) is 16.3. The lowest BCUT2D eigenvalue weighted by Crippen LogP contribution is -2.38. The Morgan fingerprint density at radius 1 is 0.821 bits per heavy atom. The molecule has 0 bridgehead atoms. The topological polar surface area (TPSA) is 73.3 Å². The van der Waals surface area contributed by atoms with Crippen molar-refractivity contribution in [1.29, 1.82) is 0 Å². The first-order valence-corrected chi connectivity index (χ1v) is 10.6. The lowest BCUT2D eigenvalue weighted by Gasteiger charge is -2.21. The number of guanidine groups is 1. The van der Waals surface area contributed by atoms with Crippen molar-refractivity contribution >= 4 is 29.9 Å². The van der Waals surface area contributed by atoms with Crippen molar-refractivity contribution in [3.8, 4) is 0 Å². The van der Waals surface area contributed by atoms with Crippen molar-refractivity contribution in [1.82, 2.24) is 10.6 Å². The molecule has 2 rings (SSSR count). The van der Waals surface area contributed by atoms with Crippen LogP contribution in [0.4, 0.5) is 0 Å². The number of nitrogens with zero attached hydrogens (tertiary/aromatic N) is 1. The molecule has 0 aromatic carbocycles. The maximum Gasteiger partial charge on any atom is 0.190 e. The molecule has 0 spiro atoms. The van der Waals surface area contributed by atoms with Crippen LogP contribution in [-0.2, 0) is 18.9 Å². The Labute approximate surface area is 187 Å². The van der Waals surface area contributed by atoms with E-state index in [0.29, 0.717) is 11.8 Å². The summed E-state index contributed by atoms with van der Waals surface area (Å²) in [6, 6.07) is 0. The summed E-state index contributed by atoms with van der Waals surface area (Å²) in [4.78, 5) is 4.26. The van der Waals surface area contributed by atoms with E-state index in [1.165, 1.54) is 0 Å². The number of nitrogens with one attached hydrogen (secondary N) is 2. The fourth-order valence-electron chi connectivity index (χ4n) is 3.31. The molecule has 0 aromatic heterocycles. The molecule has 2 aliphatic rings. The summed E-state index contributed by atoms with van der Waals surface area (Å²) in [5.41, 5.74) is 0. The van der Waals surface area contributed by atoms with Crippen LogP contribution in [0.1, 0.15) is 38.5 Å². The molecule has 2 N–H and O–H groups in total. The van der Waals surface area contributed by atoms with Gasteiger partial charge in [-0.2, -0.15) is 0 Å². The highest BCUT2D eigenvalue weighted by Crippen LogP contribution is 2.15. The lowest BCUT2D eigenvalue weighted by molar-refractivity contribution is 0.0202. The normalized spacial score (nSPS) is 18.3. The van der Waals surface area contributed by atoms with Crippen LogP contribution in [-0.4, -0.2) is 79.0 Å². The Balaban J connectivity index is 0.00000392. The van der Waals surface area contributed by atoms with Gasteiger partial charge in [-0.05, 0) is 50.4 Å². The van der Waals surface area contributed by atoms with Gasteiger partial charge >= 0.3 is 0 Å². The van der Waals surface area contributed by atoms with E-state index in [2.05, 4.69) is 15.6 Å². The molecule has 2 saturated heterocycles. The standard InChI is InChI=1S/C20H39N3O4.HI/c1-21-20(22-8-2-10-26-16-18-4-12-24-13-5-18)23-9-3-11-27-17-19-6-14-25-15-7-19;/h18-19H,2-17H2,1H3,(H2,21,22,23);1H. The minimum atomic E-state index is 0. The minimum Gasteiger partial charge on any atom is -0.381 e.